The Morgan fingerprint density at radius 1 is 1.20 bits per heavy atom. The molecule has 2 aliphatic rings. The van der Waals surface area contributed by atoms with Crippen LogP contribution in [0.5, 0.6) is 0 Å². The average Bonchev–Trinajstić information content (AvgIpc) is 2.27. The molecule has 0 radical (unpaired) electrons. The van der Waals surface area contributed by atoms with Crippen molar-refractivity contribution in [2.75, 3.05) is 13.2 Å². The maximum absolute atomic E-state index is 5.43. The van der Waals surface area contributed by atoms with Gasteiger partial charge in [0.25, 0.3) is 0 Å². The zero-order chi connectivity index (χ0) is 6.97. The second-order valence-corrected chi connectivity index (χ2v) is 3.96. The van der Waals surface area contributed by atoms with Gasteiger partial charge in [-0.3, -0.25) is 0 Å². The Labute approximate surface area is 62.8 Å². The SMILES string of the molecule is CC1CC2CCOCC2C1. The van der Waals surface area contributed by atoms with Gasteiger partial charge in [0.05, 0.1) is 0 Å². The summed E-state index contributed by atoms with van der Waals surface area (Å²) in [6.45, 7) is 4.45. The van der Waals surface area contributed by atoms with Gasteiger partial charge in [-0.2, -0.15) is 0 Å². The first-order chi connectivity index (χ1) is 4.86. The Bertz CT molecular complexity index is 108. The zero-order valence-corrected chi connectivity index (χ0v) is 6.68. The Balaban J connectivity index is 1.97. The van der Waals surface area contributed by atoms with Crippen LogP contribution in [0.4, 0.5) is 0 Å². The molecular formula is C9H16O. The van der Waals surface area contributed by atoms with Crippen LogP contribution in [0.1, 0.15) is 26.2 Å². The summed E-state index contributed by atoms with van der Waals surface area (Å²) in [5.74, 6) is 2.91. The molecule has 1 heteroatoms. The highest BCUT2D eigenvalue weighted by Gasteiger charge is 2.33. The van der Waals surface area contributed by atoms with Gasteiger partial charge in [0.2, 0.25) is 0 Å². The highest BCUT2D eigenvalue weighted by Crippen LogP contribution is 2.40. The lowest BCUT2D eigenvalue weighted by molar-refractivity contribution is 0.0301. The fourth-order valence-corrected chi connectivity index (χ4v) is 2.54. The van der Waals surface area contributed by atoms with Crippen LogP contribution in [0.2, 0.25) is 0 Å². The predicted molar refractivity (Wildman–Crippen MR) is 40.8 cm³/mol. The quantitative estimate of drug-likeness (QED) is 0.500. The molecule has 2 rings (SSSR count). The molecule has 10 heavy (non-hydrogen) atoms. The van der Waals surface area contributed by atoms with Crippen molar-refractivity contribution in [1.29, 1.82) is 0 Å². The molecule has 1 saturated carbocycles. The normalized spacial score (nSPS) is 47.1. The average molecular weight is 140 g/mol. The minimum absolute atomic E-state index is 0.920. The number of fused-ring (bicyclic) bond motifs is 1. The van der Waals surface area contributed by atoms with Crippen LogP contribution in [0.15, 0.2) is 0 Å². The second-order valence-electron chi connectivity index (χ2n) is 3.96. The van der Waals surface area contributed by atoms with Gasteiger partial charge in [-0.15, -0.1) is 0 Å². The van der Waals surface area contributed by atoms with Crippen LogP contribution in [0.3, 0.4) is 0 Å². The number of hydrogen-bond donors (Lipinski definition) is 0. The van der Waals surface area contributed by atoms with E-state index in [1.165, 1.54) is 19.3 Å². The first-order valence-electron chi connectivity index (χ1n) is 4.44. The minimum Gasteiger partial charge on any atom is -0.381 e. The predicted octanol–water partition coefficient (Wildman–Crippen LogP) is 2.07. The first-order valence-corrected chi connectivity index (χ1v) is 4.44. The molecule has 3 atom stereocenters. The van der Waals surface area contributed by atoms with Gasteiger partial charge in [-0.25, -0.2) is 0 Å². The molecule has 58 valence electrons. The van der Waals surface area contributed by atoms with Gasteiger partial charge in [-0.05, 0) is 37.0 Å². The maximum Gasteiger partial charge on any atom is 0.0497 e. The van der Waals surface area contributed by atoms with E-state index in [1.54, 1.807) is 0 Å². The highest BCUT2D eigenvalue weighted by atomic mass is 16.5. The van der Waals surface area contributed by atoms with E-state index < -0.39 is 0 Å². The van der Waals surface area contributed by atoms with E-state index in [0.717, 1.165) is 31.0 Å². The molecule has 1 nitrogen and oxygen atoms in total. The van der Waals surface area contributed by atoms with E-state index >= 15 is 0 Å². The van der Waals surface area contributed by atoms with Crippen molar-refractivity contribution in [2.45, 2.75) is 26.2 Å². The van der Waals surface area contributed by atoms with Crippen molar-refractivity contribution < 1.29 is 4.74 Å². The van der Waals surface area contributed by atoms with Crippen LogP contribution in [-0.2, 0) is 4.74 Å². The molecule has 0 amide bonds. The van der Waals surface area contributed by atoms with Gasteiger partial charge in [0.15, 0.2) is 0 Å². The number of hydrogen-bond acceptors (Lipinski definition) is 1. The zero-order valence-electron chi connectivity index (χ0n) is 6.68. The molecule has 0 aromatic heterocycles. The number of ether oxygens (including phenoxy) is 1. The Morgan fingerprint density at radius 2 is 2.00 bits per heavy atom. The van der Waals surface area contributed by atoms with E-state index in [9.17, 15) is 0 Å². The third kappa shape index (κ3) is 1.07. The van der Waals surface area contributed by atoms with E-state index in [2.05, 4.69) is 6.92 Å². The molecule has 2 fully saturated rings. The van der Waals surface area contributed by atoms with Gasteiger partial charge in [-0.1, -0.05) is 6.92 Å². The molecule has 0 aromatic rings. The summed E-state index contributed by atoms with van der Waals surface area (Å²) in [6.07, 6.45) is 4.22. The van der Waals surface area contributed by atoms with Gasteiger partial charge in [0.1, 0.15) is 0 Å². The highest BCUT2D eigenvalue weighted by molar-refractivity contribution is 4.83. The van der Waals surface area contributed by atoms with Gasteiger partial charge in [0, 0.05) is 13.2 Å². The van der Waals surface area contributed by atoms with Crippen molar-refractivity contribution in [3.05, 3.63) is 0 Å². The third-order valence-corrected chi connectivity index (χ3v) is 3.04. The van der Waals surface area contributed by atoms with Crippen molar-refractivity contribution in [1.82, 2.24) is 0 Å². The lowest BCUT2D eigenvalue weighted by atomic mass is 9.92. The Kier molecular flexibility index (Phi) is 1.69. The van der Waals surface area contributed by atoms with Gasteiger partial charge >= 0.3 is 0 Å². The second kappa shape index (κ2) is 2.54. The maximum atomic E-state index is 5.43. The van der Waals surface area contributed by atoms with Crippen LogP contribution in [-0.4, -0.2) is 13.2 Å². The minimum atomic E-state index is 0.920. The summed E-state index contributed by atoms with van der Waals surface area (Å²) in [7, 11) is 0. The van der Waals surface area contributed by atoms with Crippen LogP contribution < -0.4 is 0 Å². The van der Waals surface area contributed by atoms with Crippen LogP contribution in [0.25, 0.3) is 0 Å². The summed E-state index contributed by atoms with van der Waals surface area (Å²) < 4.78 is 5.43. The topological polar surface area (TPSA) is 9.23 Å². The standard InChI is InChI=1S/C9H16O/c1-7-4-8-2-3-10-6-9(8)5-7/h7-9H,2-6H2,1H3. The molecule has 1 aliphatic heterocycles. The molecular weight excluding hydrogens is 124 g/mol. The molecule has 1 heterocycles. The molecule has 0 bridgehead atoms. The van der Waals surface area contributed by atoms with Gasteiger partial charge < -0.3 is 4.74 Å². The fourth-order valence-electron chi connectivity index (χ4n) is 2.54. The lowest BCUT2D eigenvalue weighted by Crippen LogP contribution is -2.22. The Morgan fingerprint density at radius 3 is 2.80 bits per heavy atom. The van der Waals surface area contributed by atoms with Crippen molar-refractivity contribution in [3.8, 4) is 0 Å². The third-order valence-electron chi connectivity index (χ3n) is 3.04. The van der Waals surface area contributed by atoms with E-state index in [-0.39, 0.29) is 0 Å². The van der Waals surface area contributed by atoms with Crippen molar-refractivity contribution in [3.63, 3.8) is 0 Å². The lowest BCUT2D eigenvalue weighted by Gasteiger charge is -2.24. The van der Waals surface area contributed by atoms with Crippen molar-refractivity contribution in [2.24, 2.45) is 17.8 Å². The van der Waals surface area contributed by atoms with Crippen LogP contribution >= 0.6 is 0 Å². The van der Waals surface area contributed by atoms with Crippen molar-refractivity contribution >= 4 is 0 Å². The van der Waals surface area contributed by atoms with Crippen LogP contribution in [0, 0.1) is 17.8 Å². The number of rotatable bonds is 0. The molecule has 0 N–H and O–H groups in total. The molecule has 1 saturated heterocycles. The summed E-state index contributed by atoms with van der Waals surface area (Å²) in [5.41, 5.74) is 0. The Hall–Kier alpha value is -0.0400. The molecule has 0 aromatic carbocycles. The summed E-state index contributed by atoms with van der Waals surface area (Å²) in [5, 5.41) is 0. The summed E-state index contributed by atoms with van der Waals surface area (Å²) in [6, 6.07) is 0. The molecule has 1 aliphatic carbocycles. The van der Waals surface area contributed by atoms with E-state index in [4.69, 9.17) is 4.74 Å². The molecule has 0 spiro atoms. The fraction of sp³-hybridized carbons (Fsp3) is 1.00. The van der Waals surface area contributed by atoms with E-state index in [0.29, 0.717) is 0 Å². The largest absolute Gasteiger partial charge is 0.381 e. The van der Waals surface area contributed by atoms with E-state index in [1.807, 2.05) is 0 Å². The molecule has 3 unspecified atom stereocenters. The first kappa shape index (κ1) is 6.66. The monoisotopic (exact) mass is 140 g/mol. The summed E-state index contributed by atoms with van der Waals surface area (Å²) in [4.78, 5) is 0. The summed E-state index contributed by atoms with van der Waals surface area (Å²) >= 11 is 0. The smallest absolute Gasteiger partial charge is 0.0497 e.